The molecule has 0 amide bonds. The lowest BCUT2D eigenvalue weighted by atomic mass is 10.0. The first-order valence-electron chi connectivity index (χ1n) is 6.92. The van der Waals surface area contributed by atoms with Gasteiger partial charge in [-0.3, -0.25) is 0 Å². The van der Waals surface area contributed by atoms with E-state index >= 15 is 0 Å². The second-order valence-corrected chi connectivity index (χ2v) is 5.14. The van der Waals surface area contributed by atoms with Crippen LogP contribution in [-0.2, 0) is 9.47 Å². The average molecular weight is 314 g/mol. The Labute approximate surface area is 126 Å². The Bertz CT molecular complexity index is 522. The van der Waals surface area contributed by atoms with Crippen molar-refractivity contribution in [1.82, 2.24) is 0 Å². The highest BCUT2D eigenvalue weighted by Crippen LogP contribution is 2.38. The molecule has 4 N–H and O–H groups in total. The molecule has 8 heteroatoms. The van der Waals surface area contributed by atoms with Gasteiger partial charge in [-0.15, -0.1) is 0 Å². The second-order valence-electron chi connectivity index (χ2n) is 5.14. The molecule has 22 heavy (non-hydrogen) atoms. The van der Waals surface area contributed by atoms with Crippen molar-refractivity contribution >= 4 is 0 Å². The molecule has 3 rings (SSSR count). The van der Waals surface area contributed by atoms with E-state index in [9.17, 15) is 15.3 Å². The number of rotatable bonds is 4. The lowest BCUT2D eigenvalue weighted by Crippen LogP contribution is -2.54. The zero-order chi connectivity index (χ0) is 15.7. The average Bonchev–Trinajstić information content (AvgIpc) is 3.01. The molecular weight excluding hydrogens is 296 g/mol. The molecule has 0 radical (unpaired) electrons. The Balaban J connectivity index is 1.83. The standard InChI is InChI=1S/C14H18O8/c15-4-8(17)13-12(18)11(5-16)21-14(22-13)7-1-2-9-10(3-7)20-6-19-9/h1-3,8,11-18H,4-6H2/t8-,11+,12-,13-,14?/m1/s1. The summed E-state index contributed by atoms with van der Waals surface area (Å²) in [5, 5.41) is 38.2. The first-order chi connectivity index (χ1) is 10.6. The third-order valence-corrected chi connectivity index (χ3v) is 3.71. The summed E-state index contributed by atoms with van der Waals surface area (Å²) in [4.78, 5) is 0. The predicted molar refractivity (Wildman–Crippen MR) is 71.2 cm³/mol. The van der Waals surface area contributed by atoms with Crippen LogP contribution in [0.1, 0.15) is 11.9 Å². The fourth-order valence-corrected chi connectivity index (χ4v) is 2.50. The number of aliphatic hydroxyl groups is 4. The molecule has 1 saturated heterocycles. The summed E-state index contributed by atoms with van der Waals surface area (Å²) in [7, 11) is 0. The molecule has 0 bridgehead atoms. The molecule has 5 atom stereocenters. The number of hydrogen-bond donors (Lipinski definition) is 4. The summed E-state index contributed by atoms with van der Waals surface area (Å²) >= 11 is 0. The number of hydrogen-bond acceptors (Lipinski definition) is 8. The van der Waals surface area contributed by atoms with Gasteiger partial charge in [-0.25, -0.2) is 0 Å². The van der Waals surface area contributed by atoms with Crippen molar-refractivity contribution in [3.05, 3.63) is 23.8 Å². The minimum atomic E-state index is -1.29. The second kappa shape index (κ2) is 6.37. The Kier molecular flexibility index (Phi) is 4.48. The molecule has 0 aliphatic carbocycles. The van der Waals surface area contributed by atoms with Crippen molar-refractivity contribution in [3.8, 4) is 11.5 Å². The SMILES string of the molecule is OC[C@@H](O)[C@H]1OC(c2ccc3c(c2)OCO3)O[C@@H](CO)[C@H]1O. The number of benzene rings is 1. The first kappa shape index (κ1) is 15.5. The van der Waals surface area contributed by atoms with Crippen molar-refractivity contribution in [2.75, 3.05) is 20.0 Å². The summed E-state index contributed by atoms with van der Waals surface area (Å²) in [5.41, 5.74) is 0.588. The van der Waals surface area contributed by atoms with Gasteiger partial charge in [0.15, 0.2) is 17.8 Å². The van der Waals surface area contributed by atoms with Crippen molar-refractivity contribution in [1.29, 1.82) is 0 Å². The van der Waals surface area contributed by atoms with Crippen LogP contribution in [0.3, 0.4) is 0 Å². The van der Waals surface area contributed by atoms with Gasteiger partial charge in [-0.1, -0.05) is 0 Å². The maximum Gasteiger partial charge on any atom is 0.231 e. The van der Waals surface area contributed by atoms with E-state index in [1.807, 2.05) is 0 Å². The maximum absolute atomic E-state index is 10.0. The molecule has 1 aromatic rings. The third-order valence-electron chi connectivity index (χ3n) is 3.71. The minimum Gasteiger partial charge on any atom is -0.454 e. The molecule has 1 unspecified atom stereocenters. The molecule has 0 spiro atoms. The lowest BCUT2D eigenvalue weighted by molar-refractivity contribution is -0.310. The quantitative estimate of drug-likeness (QED) is 0.553. The molecule has 2 aliphatic rings. The number of aliphatic hydroxyl groups excluding tert-OH is 4. The van der Waals surface area contributed by atoms with Gasteiger partial charge in [-0.05, 0) is 18.2 Å². The summed E-state index contributed by atoms with van der Waals surface area (Å²) in [6.45, 7) is -0.886. The summed E-state index contributed by atoms with van der Waals surface area (Å²) in [5.74, 6) is 1.14. The van der Waals surface area contributed by atoms with Crippen LogP contribution in [-0.4, -0.2) is 64.8 Å². The van der Waals surface area contributed by atoms with Crippen molar-refractivity contribution in [2.24, 2.45) is 0 Å². The van der Waals surface area contributed by atoms with Crippen LogP contribution in [0.15, 0.2) is 18.2 Å². The molecular formula is C14H18O8. The Morgan fingerprint density at radius 2 is 1.91 bits per heavy atom. The number of fused-ring (bicyclic) bond motifs is 1. The van der Waals surface area contributed by atoms with Crippen molar-refractivity contribution in [2.45, 2.75) is 30.7 Å². The fraction of sp³-hybridized carbons (Fsp3) is 0.571. The molecule has 0 aromatic heterocycles. The van der Waals surface area contributed by atoms with Crippen LogP contribution in [0.2, 0.25) is 0 Å². The zero-order valence-corrected chi connectivity index (χ0v) is 11.7. The van der Waals surface area contributed by atoms with E-state index < -0.39 is 43.9 Å². The smallest absolute Gasteiger partial charge is 0.231 e. The Morgan fingerprint density at radius 1 is 1.14 bits per heavy atom. The predicted octanol–water partition coefficient (Wildman–Crippen LogP) is -1.10. The summed E-state index contributed by atoms with van der Waals surface area (Å²) < 4.78 is 21.5. The van der Waals surface area contributed by atoms with Gasteiger partial charge in [0.05, 0.1) is 13.2 Å². The third kappa shape index (κ3) is 2.76. The largest absolute Gasteiger partial charge is 0.454 e. The van der Waals surface area contributed by atoms with E-state index in [2.05, 4.69) is 0 Å². The van der Waals surface area contributed by atoms with Gasteiger partial charge in [0, 0.05) is 5.56 Å². The molecule has 2 heterocycles. The molecule has 1 fully saturated rings. The van der Waals surface area contributed by atoms with Crippen LogP contribution in [0.5, 0.6) is 11.5 Å². The Morgan fingerprint density at radius 3 is 2.64 bits per heavy atom. The topological polar surface area (TPSA) is 118 Å². The molecule has 122 valence electrons. The van der Waals surface area contributed by atoms with Crippen molar-refractivity contribution < 1.29 is 39.4 Å². The van der Waals surface area contributed by atoms with E-state index in [0.29, 0.717) is 17.1 Å². The number of ether oxygens (including phenoxy) is 4. The van der Waals surface area contributed by atoms with E-state index in [-0.39, 0.29) is 6.79 Å². The van der Waals surface area contributed by atoms with E-state index in [4.69, 9.17) is 24.1 Å². The van der Waals surface area contributed by atoms with Gasteiger partial charge in [-0.2, -0.15) is 0 Å². The van der Waals surface area contributed by atoms with E-state index in [0.717, 1.165) is 0 Å². The molecule has 2 aliphatic heterocycles. The van der Waals surface area contributed by atoms with Gasteiger partial charge >= 0.3 is 0 Å². The molecule has 0 saturated carbocycles. The Hall–Kier alpha value is -1.42. The first-order valence-corrected chi connectivity index (χ1v) is 6.92. The van der Waals surface area contributed by atoms with E-state index in [1.54, 1.807) is 18.2 Å². The van der Waals surface area contributed by atoms with Gasteiger partial charge in [0.1, 0.15) is 24.4 Å². The normalized spacial score (nSPS) is 32.0. The highest BCUT2D eigenvalue weighted by atomic mass is 16.7. The van der Waals surface area contributed by atoms with E-state index in [1.165, 1.54) is 0 Å². The maximum atomic E-state index is 10.0. The zero-order valence-electron chi connectivity index (χ0n) is 11.7. The van der Waals surface area contributed by atoms with Gasteiger partial charge in [0.2, 0.25) is 6.79 Å². The molecule has 1 aromatic carbocycles. The van der Waals surface area contributed by atoms with Gasteiger partial charge in [0.25, 0.3) is 0 Å². The van der Waals surface area contributed by atoms with Crippen LogP contribution in [0.25, 0.3) is 0 Å². The van der Waals surface area contributed by atoms with Crippen LogP contribution in [0.4, 0.5) is 0 Å². The van der Waals surface area contributed by atoms with Gasteiger partial charge < -0.3 is 39.4 Å². The van der Waals surface area contributed by atoms with Crippen LogP contribution in [0, 0.1) is 0 Å². The molecule has 8 nitrogen and oxygen atoms in total. The highest BCUT2D eigenvalue weighted by Gasteiger charge is 2.42. The fourth-order valence-electron chi connectivity index (χ4n) is 2.50. The van der Waals surface area contributed by atoms with Crippen molar-refractivity contribution in [3.63, 3.8) is 0 Å². The van der Waals surface area contributed by atoms with Crippen LogP contribution >= 0.6 is 0 Å². The minimum absolute atomic E-state index is 0.134. The summed E-state index contributed by atoms with van der Waals surface area (Å²) in [6.07, 6.45) is -5.47. The van der Waals surface area contributed by atoms with Crippen LogP contribution < -0.4 is 9.47 Å². The summed E-state index contributed by atoms with van der Waals surface area (Å²) in [6, 6.07) is 5.06. The lowest BCUT2D eigenvalue weighted by Gasteiger charge is -2.40. The monoisotopic (exact) mass is 314 g/mol. The highest BCUT2D eigenvalue weighted by molar-refractivity contribution is 5.44.